The molecule has 2 fully saturated rings. The zero-order chi connectivity index (χ0) is 27.9. The SMILES string of the molecule is C[C@H]1CN(c2ncnc(N)c2C(N)=O)CC[C@H]1c1nc(-c2ccc(F)c(C(F)(F)F)c2)cn1CCN1CCC1. The number of imidazole rings is 1. The Morgan fingerprint density at radius 2 is 1.92 bits per heavy atom. The van der Waals surface area contributed by atoms with Crippen LogP contribution in [0.15, 0.2) is 30.7 Å². The van der Waals surface area contributed by atoms with Crippen LogP contribution in [-0.4, -0.2) is 63.0 Å². The van der Waals surface area contributed by atoms with Crippen molar-refractivity contribution in [3.8, 4) is 11.3 Å². The molecule has 2 atom stereocenters. The summed E-state index contributed by atoms with van der Waals surface area (Å²) in [5.41, 5.74) is 10.8. The lowest BCUT2D eigenvalue weighted by molar-refractivity contribution is -0.139. The standard InChI is InChI=1S/C26H30F4N8O/c1-15-12-37(25-21(23(32)39)22(31)33-14-34-25)8-5-17(15)24-35-20(13-38(24)10-9-36-6-2-7-36)16-3-4-19(27)18(11-16)26(28,29)30/h3-4,11,13-15,17H,2,5-10,12H2,1H3,(H2,32,39)(H2,31,33,34)/t15-,17+/m0/s1. The van der Waals surface area contributed by atoms with E-state index in [0.29, 0.717) is 37.6 Å². The van der Waals surface area contributed by atoms with E-state index >= 15 is 0 Å². The van der Waals surface area contributed by atoms with E-state index in [2.05, 4.69) is 21.8 Å². The predicted molar refractivity (Wildman–Crippen MR) is 137 cm³/mol. The summed E-state index contributed by atoms with van der Waals surface area (Å²) in [5, 5.41) is 0. The number of carbonyl (C=O) groups is 1. The van der Waals surface area contributed by atoms with Gasteiger partial charge in [-0.1, -0.05) is 6.92 Å². The number of nitrogens with zero attached hydrogens (tertiary/aromatic N) is 6. The fraction of sp³-hybridized carbons (Fsp3) is 0.462. The molecule has 4 heterocycles. The van der Waals surface area contributed by atoms with Crippen LogP contribution in [0.3, 0.4) is 0 Å². The van der Waals surface area contributed by atoms with Gasteiger partial charge >= 0.3 is 6.18 Å². The number of nitrogens with two attached hydrogens (primary N) is 2. The van der Waals surface area contributed by atoms with E-state index in [0.717, 1.165) is 44.0 Å². The normalized spacial score (nSPS) is 20.2. The second-order valence-corrected chi connectivity index (χ2v) is 10.2. The van der Waals surface area contributed by atoms with Crippen LogP contribution >= 0.6 is 0 Å². The van der Waals surface area contributed by atoms with Crippen molar-refractivity contribution in [3.05, 3.63) is 53.5 Å². The van der Waals surface area contributed by atoms with Gasteiger partial charge in [0.2, 0.25) is 0 Å². The number of carbonyl (C=O) groups excluding carboxylic acids is 1. The average molecular weight is 547 g/mol. The smallest absolute Gasteiger partial charge is 0.383 e. The van der Waals surface area contributed by atoms with Crippen LogP contribution in [0, 0.1) is 11.7 Å². The van der Waals surface area contributed by atoms with Crippen LogP contribution < -0.4 is 16.4 Å². The highest BCUT2D eigenvalue weighted by atomic mass is 19.4. The molecule has 13 heteroatoms. The third-order valence-corrected chi connectivity index (χ3v) is 7.62. The number of nitrogen functional groups attached to an aromatic ring is 1. The Morgan fingerprint density at radius 1 is 1.15 bits per heavy atom. The molecule has 39 heavy (non-hydrogen) atoms. The topological polar surface area (TPSA) is 119 Å². The molecule has 2 aromatic heterocycles. The molecule has 0 radical (unpaired) electrons. The molecule has 0 saturated carbocycles. The highest BCUT2D eigenvalue weighted by Crippen LogP contribution is 2.38. The zero-order valence-electron chi connectivity index (χ0n) is 21.5. The number of rotatable bonds is 7. The Balaban J connectivity index is 1.45. The number of benzene rings is 1. The number of likely N-dealkylation sites (tertiary alicyclic amines) is 1. The third kappa shape index (κ3) is 5.40. The third-order valence-electron chi connectivity index (χ3n) is 7.62. The maximum atomic E-state index is 13.9. The van der Waals surface area contributed by atoms with Gasteiger partial charge in [-0.25, -0.2) is 19.3 Å². The molecule has 1 amide bonds. The van der Waals surface area contributed by atoms with Crippen molar-refractivity contribution in [2.45, 2.75) is 38.4 Å². The van der Waals surface area contributed by atoms with Crippen LogP contribution in [-0.2, 0) is 12.7 Å². The fourth-order valence-electron chi connectivity index (χ4n) is 5.39. The Hall–Kier alpha value is -3.74. The number of alkyl halides is 3. The monoisotopic (exact) mass is 546 g/mol. The predicted octanol–water partition coefficient (Wildman–Crippen LogP) is 3.51. The van der Waals surface area contributed by atoms with Gasteiger partial charge in [-0.2, -0.15) is 13.2 Å². The van der Waals surface area contributed by atoms with Crippen molar-refractivity contribution < 1.29 is 22.4 Å². The molecular weight excluding hydrogens is 516 g/mol. The summed E-state index contributed by atoms with van der Waals surface area (Å²) in [6, 6.07) is 2.98. The Labute approximate surface area is 222 Å². The molecule has 2 aliphatic heterocycles. The largest absolute Gasteiger partial charge is 0.419 e. The first-order valence-corrected chi connectivity index (χ1v) is 12.8. The van der Waals surface area contributed by atoms with Crippen LogP contribution in [0.2, 0.25) is 0 Å². The molecular formula is C26H30F4N8O. The second-order valence-electron chi connectivity index (χ2n) is 10.2. The van der Waals surface area contributed by atoms with Gasteiger partial charge in [0.1, 0.15) is 35.2 Å². The number of hydrogen-bond donors (Lipinski definition) is 2. The zero-order valence-corrected chi connectivity index (χ0v) is 21.5. The first-order valence-electron chi connectivity index (χ1n) is 12.8. The van der Waals surface area contributed by atoms with Gasteiger partial charge in [0, 0.05) is 43.9 Å². The number of piperidine rings is 1. The molecule has 5 rings (SSSR count). The van der Waals surface area contributed by atoms with E-state index in [1.807, 2.05) is 9.47 Å². The van der Waals surface area contributed by atoms with E-state index < -0.39 is 23.5 Å². The van der Waals surface area contributed by atoms with Gasteiger partial charge in [-0.15, -0.1) is 0 Å². The van der Waals surface area contributed by atoms with Crippen molar-refractivity contribution in [1.29, 1.82) is 0 Å². The number of halogens is 4. The maximum Gasteiger partial charge on any atom is 0.419 e. The van der Waals surface area contributed by atoms with Crippen LogP contribution in [0.25, 0.3) is 11.3 Å². The van der Waals surface area contributed by atoms with Crippen LogP contribution in [0.4, 0.5) is 29.2 Å². The van der Waals surface area contributed by atoms with Gasteiger partial charge in [0.25, 0.3) is 5.91 Å². The minimum absolute atomic E-state index is 0.00913. The van der Waals surface area contributed by atoms with E-state index in [4.69, 9.17) is 16.5 Å². The second kappa shape index (κ2) is 10.4. The van der Waals surface area contributed by atoms with Crippen molar-refractivity contribution >= 4 is 17.5 Å². The summed E-state index contributed by atoms with van der Waals surface area (Å²) in [6.45, 7) is 6.59. The Bertz CT molecular complexity index is 1370. The van der Waals surface area contributed by atoms with Crippen molar-refractivity contribution in [1.82, 2.24) is 24.4 Å². The molecule has 0 bridgehead atoms. The summed E-state index contributed by atoms with van der Waals surface area (Å²) in [5.74, 6) is -0.809. The molecule has 2 aliphatic rings. The minimum Gasteiger partial charge on any atom is -0.383 e. The quantitative estimate of drug-likeness (QED) is 0.435. The first-order chi connectivity index (χ1) is 18.5. The molecule has 2 saturated heterocycles. The van der Waals surface area contributed by atoms with Crippen LogP contribution in [0.1, 0.15) is 47.4 Å². The average Bonchev–Trinajstić information content (AvgIpc) is 3.26. The van der Waals surface area contributed by atoms with E-state index in [9.17, 15) is 22.4 Å². The van der Waals surface area contributed by atoms with E-state index in [1.165, 1.54) is 12.4 Å². The van der Waals surface area contributed by atoms with E-state index in [1.54, 1.807) is 6.20 Å². The first kappa shape index (κ1) is 26.9. The highest BCUT2D eigenvalue weighted by molar-refractivity contribution is 6.01. The molecule has 0 aliphatic carbocycles. The molecule has 0 spiro atoms. The molecule has 1 aromatic carbocycles. The number of primary amides is 1. The summed E-state index contributed by atoms with van der Waals surface area (Å²) in [7, 11) is 0. The van der Waals surface area contributed by atoms with Gasteiger partial charge in [-0.05, 0) is 50.0 Å². The molecule has 4 N–H and O–H groups in total. The number of hydrogen-bond acceptors (Lipinski definition) is 7. The van der Waals surface area contributed by atoms with Gasteiger partial charge in [-0.3, -0.25) is 4.79 Å². The Kier molecular flexibility index (Phi) is 7.19. The van der Waals surface area contributed by atoms with Crippen molar-refractivity contribution in [3.63, 3.8) is 0 Å². The summed E-state index contributed by atoms with van der Waals surface area (Å²) < 4.78 is 56.1. The minimum atomic E-state index is -4.81. The number of anilines is 2. The van der Waals surface area contributed by atoms with E-state index in [-0.39, 0.29) is 28.8 Å². The fourth-order valence-corrected chi connectivity index (χ4v) is 5.39. The summed E-state index contributed by atoms with van der Waals surface area (Å²) in [6.07, 6.45) is 0.0474. The highest BCUT2D eigenvalue weighted by Gasteiger charge is 2.36. The molecule has 9 nitrogen and oxygen atoms in total. The lowest BCUT2D eigenvalue weighted by Crippen LogP contribution is -2.41. The van der Waals surface area contributed by atoms with Gasteiger partial charge < -0.3 is 25.8 Å². The molecule has 0 unspecified atom stereocenters. The molecule has 3 aromatic rings. The number of aromatic nitrogens is 4. The van der Waals surface area contributed by atoms with Crippen molar-refractivity contribution in [2.24, 2.45) is 11.7 Å². The van der Waals surface area contributed by atoms with Gasteiger partial charge in [0.15, 0.2) is 0 Å². The lowest BCUT2D eigenvalue weighted by atomic mass is 9.86. The summed E-state index contributed by atoms with van der Waals surface area (Å²) >= 11 is 0. The number of amides is 1. The summed E-state index contributed by atoms with van der Waals surface area (Å²) in [4.78, 5) is 29.2. The molecule has 208 valence electrons. The maximum absolute atomic E-state index is 13.9. The Morgan fingerprint density at radius 3 is 2.56 bits per heavy atom. The van der Waals surface area contributed by atoms with Gasteiger partial charge in [0.05, 0.1) is 11.3 Å². The van der Waals surface area contributed by atoms with Crippen molar-refractivity contribution in [2.75, 3.05) is 43.4 Å². The lowest BCUT2D eigenvalue weighted by Gasteiger charge is -2.38. The van der Waals surface area contributed by atoms with Crippen LogP contribution in [0.5, 0.6) is 0 Å².